The van der Waals surface area contributed by atoms with Crippen LogP contribution in [-0.2, 0) is 16.0 Å². The molecule has 0 aliphatic rings. The second-order valence-corrected chi connectivity index (χ2v) is 5.16. The lowest BCUT2D eigenvalue weighted by atomic mass is 10.0. The van der Waals surface area contributed by atoms with Crippen LogP contribution in [0.25, 0.3) is 0 Å². The van der Waals surface area contributed by atoms with Gasteiger partial charge < -0.3 is 4.74 Å². The first-order valence-electron chi connectivity index (χ1n) is 7.10. The normalized spacial score (nSPS) is 12.8. The zero-order valence-corrected chi connectivity index (χ0v) is 12.5. The molecule has 1 atom stereocenters. The molecule has 0 aliphatic heterocycles. The number of carbonyl (C=O) groups is 1. The third-order valence-electron chi connectivity index (χ3n) is 3.23. The van der Waals surface area contributed by atoms with E-state index in [4.69, 9.17) is 4.74 Å². The molecule has 0 spiro atoms. The Bertz CT molecular complexity index is 446. The molecule has 0 aliphatic carbocycles. The van der Waals surface area contributed by atoms with Crippen molar-refractivity contribution in [2.45, 2.75) is 33.1 Å². The third-order valence-corrected chi connectivity index (χ3v) is 3.23. The summed E-state index contributed by atoms with van der Waals surface area (Å²) in [6.45, 7) is 8.43. The first-order valence-corrected chi connectivity index (χ1v) is 7.10. The van der Waals surface area contributed by atoms with Gasteiger partial charge in [0.05, 0.1) is 13.0 Å². The Hall–Kier alpha value is -1.83. The monoisotopic (exact) mass is 272 g/mol. The summed E-state index contributed by atoms with van der Waals surface area (Å²) in [5, 5.41) is 0. The van der Waals surface area contributed by atoms with Gasteiger partial charge in [0.1, 0.15) is 0 Å². The summed E-state index contributed by atoms with van der Waals surface area (Å²) in [5.41, 5.74) is 2.19. The number of hydrogen-bond donors (Lipinski definition) is 0. The highest BCUT2D eigenvalue weighted by atomic mass is 16.5. The van der Waals surface area contributed by atoms with Crippen LogP contribution in [0.1, 0.15) is 32.3 Å². The van der Waals surface area contributed by atoms with Gasteiger partial charge in [-0.2, -0.15) is 0 Å². The summed E-state index contributed by atoms with van der Waals surface area (Å²) in [5.74, 6) is 0.357. The zero-order chi connectivity index (χ0) is 14.8. The molecule has 0 radical (unpaired) electrons. The smallest absolute Gasteiger partial charge is 0.310 e. The zero-order valence-electron chi connectivity index (χ0n) is 12.5. The number of carbonyl (C=O) groups excluding carboxylic acids is 1. The fourth-order valence-electron chi connectivity index (χ4n) is 1.78. The quantitative estimate of drug-likeness (QED) is 0.520. The van der Waals surface area contributed by atoms with Gasteiger partial charge in [-0.25, -0.2) is 0 Å². The summed E-state index contributed by atoms with van der Waals surface area (Å²) >= 11 is 0. The largest absolute Gasteiger partial charge is 0.465 e. The van der Waals surface area contributed by atoms with Crippen molar-refractivity contribution in [2.24, 2.45) is 5.92 Å². The Morgan fingerprint density at radius 2 is 2.05 bits per heavy atom. The van der Waals surface area contributed by atoms with Gasteiger partial charge in [0.2, 0.25) is 0 Å². The molecule has 1 aromatic rings. The molecule has 0 aromatic heterocycles. The second kappa shape index (κ2) is 9.13. The Labute approximate surface area is 122 Å². The molecule has 1 unspecified atom stereocenters. The van der Waals surface area contributed by atoms with E-state index in [-0.39, 0.29) is 5.97 Å². The second-order valence-electron chi connectivity index (χ2n) is 5.16. The Balaban J connectivity index is 2.20. The van der Waals surface area contributed by atoms with Crippen LogP contribution in [0.2, 0.25) is 0 Å². The highest BCUT2D eigenvalue weighted by Crippen LogP contribution is 2.11. The fourth-order valence-corrected chi connectivity index (χ4v) is 1.78. The Morgan fingerprint density at radius 3 is 2.70 bits per heavy atom. The van der Waals surface area contributed by atoms with Gasteiger partial charge in [0.25, 0.3) is 0 Å². The predicted octanol–water partition coefficient (Wildman–Crippen LogP) is 4.32. The van der Waals surface area contributed by atoms with Crippen molar-refractivity contribution in [3.8, 4) is 0 Å². The van der Waals surface area contributed by atoms with Gasteiger partial charge in [-0.3, -0.25) is 4.79 Å². The van der Waals surface area contributed by atoms with E-state index in [1.54, 1.807) is 0 Å². The molecule has 1 rings (SSSR count). The molecule has 2 nitrogen and oxygen atoms in total. The van der Waals surface area contributed by atoms with E-state index in [0.29, 0.717) is 18.9 Å². The molecular formula is C18H24O2. The van der Waals surface area contributed by atoms with E-state index >= 15 is 0 Å². The third kappa shape index (κ3) is 6.93. The Kier molecular flexibility index (Phi) is 7.41. The van der Waals surface area contributed by atoms with Crippen molar-refractivity contribution in [3.63, 3.8) is 0 Å². The first-order chi connectivity index (χ1) is 9.61. The lowest BCUT2D eigenvalue weighted by Crippen LogP contribution is -2.10. The summed E-state index contributed by atoms with van der Waals surface area (Å²) < 4.78 is 5.27. The summed E-state index contributed by atoms with van der Waals surface area (Å²) in [4.78, 5) is 11.7. The van der Waals surface area contributed by atoms with Crippen molar-refractivity contribution in [3.05, 3.63) is 60.2 Å². The van der Waals surface area contributed by atoms with Crippen LogP contribution >= 0.6 is 0 Å². The minimum Gasteiger partial charge on any atom is -0.465 e. The van der Waals surface area contributed by atoms with E-state index in [2.05, 4.69) is 19.6 Å². The van der Waals surface area contributed by atoms with Crippen LogP contribution in [0.15, 0.2) is 54.6 Å². The number of hydrogen-bond acceptors (Lipinski definition) is 2. The molecule has 1 aromatic carbocycles. The molecule has 0 saturated heterocycles. The van der Waals surface area contributed by atoms with Crippen molar-refractivity contribution < 1.29 is 9.53 Å². The van der Waals surface area contributed by atoms with Gasteiger partial charge in [0, 0.05) is 0 Å². The van der Waals surface area contributed by atoms with Crippen LogP contribution in [-0.4, -0.2) is 12.6 Å². The minimum atomic E-state index is -0.152. The number of ether oxygens (including phenoxy) is 1. The summed E-state index contributed by atoms with van der Waals surface area (Å²) in [6.07, 6.45) is 6.26. The fraction of sp³-hybridized carbons (Fsp3) is 0.389. The molecule has 0 heterocycles. The molecule has 0 fully saturated rings. The van der Waals surface area contributed by atoms with Crippen LogP contribution in [0.5, 0.6) is 0 Å². The topological polar surface area (TPSA) is 26.3 Å². The minimum absolute atomic E-state index is 0.152. The molecule has 2 heteroatoms. The maximum Gasteiger partial charge on any atom is 0.310 e. The lowest BCUT2D eigenvalue weighted by molar-refractivity contribution is -0.143. The molecule has 0 N–H and O–H groups in total. The van der Waals surface area contributed by atoms with E-state index in [9.17, 15) is 4.79 Å². The van der Waals surface area contributed by atoms with Gasteiger partial charge >= 0.3 is 5.97 Å². The first kappa shape index (κ1) is 16.2. The maximum absolute atomic E-state index is 11.7. The van der Waals surface area contributed by atoms with E-state index in [1.165, 1.54) is 5.57 Å². The highest BCUT2D eigenvalue weighted by molar-refractivity contribution is 5.72. The SMILES string of the molecule is C=C/C(C)=C/CC(C)CCOC(=O)Cc1ccccc1. The van der Waals surface area contributed by atoms with E-state index in [1.807, 2.05) is 43.3 Å². The molecule has 108 valence electrons. The van der Waals surface area contributed by atoms with E-state index < -0.39 is 0 Å². The Morgan fingerprint density at radius 1 is 1.35 bits per heavy atom. The number of allylic oxidation sites excluding steroid dienone is 3. The summed E-state index contributed by atoms with van der Waals surface area (Å²) in [6, 6.07) is 9.67. The van der Waals surface area contributed by atoms with E-state index in [0.717, 1.165) is 18.4 Å². The lowest BCUT2D eigenvalue weighted by Gasteiger charge is -2.10. The predicted molar refractivity (Wildman–Crippen MR) is 83.5 cm³/mol. The number of benzene rings is 1. The van der Waals surface area contributed by atoms with Crippen LogP contribution < -0.4 is 0 Å². The van der Waals surface area contributed by atoms with Crippen molar-refractivity contribution >= 4 is 5.97 Å². The van der Waals surface area contributed by atoms with Gasteiger partial charge in [-0.1, -0.05) is 61.6 Å². The molecule has 0 amide bonds. The molecule has 0 bridgehead atoms. The van der Waals surface area contributed by atoms with Crippen LogP contribution in [0, 0.1) is 5.92 Å². The molecule has 0 saturated carbocycles. The van der Waals surface area contributed by atoms with Crippen molar-refractivity contribution in [2.75, 3.05) is 6.61 Å². The molecule has 20 heavy (non-hydrogen) atoms. The highest BCUT2D eigenvalue weighted by Gasteiger charge is 2.06. The van der Waals surface area contributed by atoms with Crippen LogP contribution in [0.3, 0.4) is 0 Å². The van der Waals surface area contributed by atoms with Gasteiger partial charge in [-0.15, -0.1) is 0 Å². The van der Waals surface area contributed by atoms with Gasteiger partial charge in [-0.05, 0) is 31.2 Å². The number of rotatable bonds is 8. The standard InChI is InChI=1S/C18H24O2/c1-4-15(2)10-11-16(3)12-13-20-18(19)14-17-8-6-5-7-9-17/h4-10,16H,1,11-14H2,2-3H3/b15-10+. The average molecular weight is 272 g/mol. The van der Waals surface area contributed by atoms with Crippen molar-refractivity contribution in [1.82, 2.24) is 0 Å². The molecular weight excluding hydrogens is 248 g/mol. The summed E-state index contributed by atoms with van der Waals surface area (Å²) in [7, 11) is 0. The van der Waals surface area contributed by atoms with Gasteiger partial charge in [0.15, 0.2) is 0 Å². The number of esters is 1. The van der Waals surface area contributed by atoms with Crippen molar-refractivity contribution in [1.29, 1.82) is 0 Å². The van der Waals surface area contributed by atoms with Crippen LogP contribution in [0.4, 0.5) is 0 Å². The average Bonchev–Trinajstić information content (AvgIpc) is 2.45. The maximum atomic E-state index is 11.7.